The van der Waals surface area contributed by atoms with Gasteiger partial charge in [0.2, 0.25) is 6.41 Å². The number of amides is 1. The quantitative estimate of drug-likeness (QED) is 0.626. The Morgan fingerprint density at radius 1 is 1.24 bits per heavy atom. The molecule has 0 N–H and O–H groups in total. The fourth-order valence-electron chi connectivity index (χ4n) is 2.12. The molecule has 0 spiro atoms. The first kappa shape index (κ1) is 16.0. The van der Waals surface area contributed by atoms with Gasteiger partial charge in [-0.25, -0.2) is 4.39 Å². The molecular formula is C15H21BFNO3. The molecule has 1 heterocycles. The summed E-state index contributed by atoms with van der Waals surface area (Å²) in [7, 11) is 1.02. The minimum absolute atomic E-state index is 0.235. The summed E-state index contributed by atoms with van der Waals surface area (Å²) in [5.41, 5.74) is 0.197. The van der Waals surface area contributed by atoms with E-state index in [1.807, 2.05) is 27.7 Å². The Labute approximate surface area is 125 Å². The van der Waals surface area contributed by atoms with E-state index in [-0.39, 0.29) is 12.4 Å². The van der Waals surface area contributed by atoms with E-state index >= 15 is 0 Å². The molecule has 1 amide bonds. The van der Waals surface area contributed by atoms with E-state index in [9.17, 15) is 9.18 Å². The van der Waals surface area contributed by atoms with Crippen LogP contribution in [0.4, 0.5) is 4.39 Å². The van der Waals surface area contributed by atoms with E-state index < -0.39 is 18.3 Å². The molecule has 114 valence electrons. The van der Waals surface area contributed by atoms with Gasteiger partial charge in [-0.3, -0.25) is 4.79 Å². The van der Waals surface area contributed by atoms with Crippen LogP contribution < -0.4 is 5.46 Å². The van der Waals surface area contributed by atoms with Crippen molar-refractivity contribution in [2.45, 2.75) is 45.4 Å². The number of benzene rings is 1. The van der Waals surface area contributed by atoms with Crippen molar-refractivity contribution in [1.29, 1.82) is 0 Å². The average molecular weight is 293 g/mol. The molecule has 0 saturated carbocycles. The normalized spacial score (nSPS) is 19.6. The summed E-state index contributed by atoms with van der Waals surface area (Å²) in [5.74, 6) is -0.365. The van der Waals surface area contributed by atoms with Gasteiger partial charge in [0.05, 0.1) is 11.2 Å². The van der Waals surface area contributed by atoms with Gasteiger partial charge in [0, 0.05) is 19.2 Å². The van der Waals surface area contributed by atoms with E-state index in [0.29, 0.717) is 17.4 Å². The van der Waals surface area contributed by atoms with Crippen LogP contribution in [-0.4, -0.2) is 36.7 Å². The molecule has 1 saturated heterocycles. The summed E-state index contributed by atoms with van der Waals surface area (Å²) >= 11 is 0. The molecule has 1 fully saturated rings. The highest BCUT2D eigenvalue weighted by Crippen LogP contribution is 2.36. The minimum atomic E-state index is -0.581. The second kappa shape index (κ2) is 5.42. The highest BCUT2D eigenvalue weighted by Gasteiger charge is 2.51. The van der Waals surface area contributed by atoms with Crippen LogP contribution >= 0.6 is 0 Å². The second-order valence-corrected chi connectivity index (χ2v) is 6.46. The largest absolute Gasteiger partial charge is 0.494 e. The fraction of sp³-hybridized carbons (Fsp3) is 0.533. The smallest absolute Gasteiger partial charge is 0.399 e. The van der Waals surface area contributed by atoms with Crippen LogP contribution in [0.2, 0.25) is 0 Å². The van der Waals surface area contributed by atoms with Crippen LogP contribution in [0.25, 0.3) is 0 Å². The number of rotatable bonds is 4. The summed E-state index contributed by atoms with van der Waals surface area (Å²) in [5, 5.41) is 0. The van der Waals surface area contributed by atoms with E-state index in [1.54, 1.807) is 19.2 Å². The minimum Gasteiger partial charge on any atom is -0.399 e. The summed E-state index contributed by atoms with van der Waals surface area (Å²) in [6.07, 6.45) is 0.668. The molecule has 1 aromatic rings. The number of hydrogen-bond donors (Lipinski definition) is 0. The van der Waals surface area contributed by atoms with E-state index in [0.717, 1.165) is 0 Å². The van der Waals surface area contributed by atoms with Crippen molar-refractivity contribution in [2.24, 2.45) is 0 Å². The lowest BCUT2D eigenvalue weighted by Gasteiger charge is -2.32. The Kier molecular flexibility index (Phi) is 4.13. The van der Waals surface area contributed by atoms with Crippen molar-refractivity contribution in [3.05, 3.63) is 29.6 Å². The number of carbonyl (C=O) groups excluding carboxylic acids is 1. The Morgan fingerprint density at radius 2 is 1.81 bits per heavy atom. The lowest BCUT2D eigenvalue weighted by molar-refractivity contribution is -0.117. The third-order valence-electron chi connectivity index (χ3n) is 4.20. The van der Waals surface area contributed by atoms with Crippen molar-refractivity contribution >= 4 is 19.0 Å². The predicted octanol–water partition coefficient (Wildman–Crippen LogP) is 1.71. The number of carbonyl (C=O) groups is 1. The standard InChI is InChI=1S/C15H21BFNO3/c1-14(2)15(3,4)21-16(20-14)12-7-6-11(13(17)8-12)9-18(5)10-19/h6-8,10H,9H2,1-5H3. The van der Waals surface area contributed by atoms with Gasteiger partial charge in [-0.1, -0.05) is 12.1 Å². The number of nitrogens with zero attached hydrogens (tertiary/aromatic N) is 1. The van der Waals surface area contributed by atoms with Gasteiger partial charge in [0.1, 0.15) is 5.82 Å². The van der Waals surface area contributed by atoms with Crippen molar-refractivity contribution in [1.82, 2.24) is 4.90 Å². The van der Waals surface area contributed by atoms with Crippen LogP contribution in [0.5, 0.6) is 0 Å². The van der Waals surface area contributed by atoms with Gasteiger partial charge in [-0.15, -0.1) is 0 Å². The van der Waals surface area contributed by atoms with Crippen molar-refractivity contribution in [3.63, 3.8) is 0 Å². The molecule has 0 radical (unpaired) electrons. The van der Waals surface area contributed by atoms with Crippen molar-refractivity contribution in [2.75, 3.05) is 7.05 Å². The SMILES string of the molecule is CN(C=O)Cc1ccc(B2OC(C)(C)C(C)(C)O2)cc1F. The zero-order valence-corrected chi connectivity index (χ0v) is 13.1. The molecule has 21 heavy (non-hydrogen) atoms. The third-order valence-corrected chi connectivity index (χ3v) is 4.20. The van der Waals surface area contributed by atoms with Crippen LogP contribution in [0.15, 0.2) is 18.2 Å². The molecule has 0 aromatic heterocycles. The lowest BCUT2D eigenvalue weighted by atomic mass is 9.78. The maximum Gasteiger partial charge on any atom is 0.494 e. The molecule has 1 aliphatic heterocycles. The molecule has 4 nitrogen and oxygen atoms in total. The molecule has 1 aromatic carbocycles. The van der Waals surface area contributed by atoms with Gasteiger partial charge in [0.25, 0.3) is 0 Å². The fourth-order valence-corrected chi connectivity index (χ4v) is 2.12. The van der Waals surface area contributed by atoms with Gasteiger partial charge in [0.15, 0.2) is 0 Å². The summed E-state index contributed by atoms with van der Waals surface area (Å²) in [6, 6.07) is 4.85. The molecule has 1 aliphatic rings. The first-order chi connectivity index (χ1) is 9.66. The van der Waals surface area contributed by atoms with E-state index in [1.165, 1.54) is 11.0 Å². The molecule has 0 atom stereocenters. The van der Waals surface area contributed by atoms with Crippen LogP contribution in [0.3, 0.4) is 0 Å². The molecule has 2 rings (SSSR count). The zero-order chi connectivity index (χ0) is 15.8. The summed E-state index contributed by atoms with van der Waals surface area (Å²) in [6.45, 7) is 8.06. The number of hydrogen-bond acceptors (Lipinski definition) is 3. The Bertz CT molecular complexity index is 532. The number of halogens is 1. The van der Waals surface area contributed by atoms with Crippen LogP contribution in [0, 0.1) is 5.82 Å². The highest BCUT2D eigenvalue weighted by molar-refractivity contribution is 6.62. The molecular weight excluding hydrogens is 272 g/mol. The monoisotopic (exact) mass is 293 g/mol. The van der Waals surface area contributed by atoms with E-state index in [2.05, 4.69) is 0 Å². The van der Waals surface area contributed by atoms with Gasteiger partial charge in [-0.05, 0) is 39.2 Å². The Hall–Kier alpha value is -1.40. The summed E-state index contributed by atoms with van der Waals surface area (Å²) < 4.78 is 25.9. The maximum absolute atomic E-state index is 14.1. The van der Waals surface area contributed by atoms with Crippen molar-refractivity contribution in [3.8, 4) is 0 Å². The Balaban J connectivity index is 2.20. The topological polar surface area (TPSA) is 38.8 Å². The molecule has 6 heteroatoms. The van der Waals surface area contributed by atoms with Gasteiger partial charge < -0.3 is 14.2 Å². The zero-order valence-electron chi connectivity index (χ0n) is 13.1. The van der Waals surface area contributed by atoms with Crippen LogP contribution in [-0.2, 0) is 20.6 Å². The average Bonchev–Trinajstić information content (AvgIpc) is 2.60. The second-order valence-electron chi connectivity index (χ2n) is 6.46. The lowest BCUT2D eigenvalue weighted by Crippen LogP contribution is -2.41. The Morgan fingerprint density at radius 3 is 2.29 bits per heavy atom. The molecule has 0 unspecified atom stereocenters. The van der Waals surface area contributed by atoms with Gasteiger partial charge >= 0.3 is 7.12 Å². The van der Waals surface area contributed by atoms with E-state index in [4.69, 9.17) is 9.31 Å². The first-order valence-corrected chi connectivity index (χ1v) is 6.96. The third kappa shape index (κ3) is 3.11. The van der Waals surface area contributed by atoms with Crippen molar-refractivity contribution < 1.29 is 18.5 Å². The summed E-state index contributed by atoms with van der Waals surface area (Å²) in [4.78, 5) is 12.0. The maximum atomic E-state index is 14.1. The van der Waals surface area contributed by atoms with Crippen LogP contribution in [0.1, 0.15) is 33.3 Å². The molecule has 0 aliphatic carbocycles. The highest BCUT2D eigenvalue weighted by atomic mass is 19.1. The predicted molar refractivity (Wildman–Crippen MR) is 79.6 cm³/mol. The molecule has 0 bridgehead atoms. The first-order valence-electron chi connectivity index (χ1n) is 6.96. The van der Waals surface area contributed by atoms with Gasteiger partial charge in [-0.2, -0.15) is 0 Å².